The van der Waals surface area contributed by atoms with Crippen LogP contribution in [0.1, 0.15) is 36.5 Å². The molecule has 0 bridgehead atoms. The highest BCUT2D eigenvalue weighted by Gasteiger charge is 2.18. The maximum atomic E-state index is 13.0. The van der Waals surface area contributed by atoms with Crippen molar-refractivity contribution in [1.82, 2.24) is 20.1 Å². The Bertz CT molecular complexity index is 1350. The van der Waals surface area contributed by atoms with Crippen LogP contribution >= 0.6 is 11.3 Å². The zero-order valence-electron chi connectivity index (χ0n) is 17.5. The third kappa shape index (κ3) is 4.45. The van der Waals surface area contributed by atoms with Crippen molar-refractivity contribution in [3.8, 4) is 11.5 Å². The monoisotopic (exact) mass is 451 g/mol. The van der Waals surface area contributed by atoms with Gasteiger partial charge in [-0.15, -0.1) is 11.3 Å². The second kappa shape index (κ2) is 9.15. The van der Waals surface area contributed by atoms with Crippen molar-refractivity contribution in [3.05, 3.63) is 63.6 Å². The minimum atomic E-state index is -0.447. The number of amides is 2. The molecule has 0 aliphatic heterocycles. The summed E-state index contributed by atoms with van der Waals surface area (Å²) in [5, 5.41) is 12.8. The predicted molar refractivity (Wildman–Crippen MR) is 122 cm³/mol. The first kappa shape index (κ1) is 21.4. The van der Waals surface area contributed by atoms with E-state index in [4.69, 9.17) is 4.42 Å². The summed E-state index contributed by atoms with van der Waals surface area (Å²) in [4.78, 5) is 41.1. The van der Waals surface area contributed by atoms with Gasteiger partial charge in [0, 0.05) is 24.2 Å². The Morgan fingerprint density at radius 3 is 2.69 bits per heavy atom. The van der Waals surface area contributed by atoms with Crippen LogP contribution in [0, 0.1) is 0 Å². The van der Waals surface area contributed by atoms with E-state index in [2.05, 4.69) is 20.7 Å². The summed E-state index contributed by atoms with van der Waals surface area (Å²) in [5.41, 5.74) is 0.512. The highest BCUT2D eigenvalue weighted by molar-refractivity contribution is 7.14. The number of anilines is 1. The number of furan rings is 1. The minimum Gasteiger partial charge on any atom is -0.458 e. The van der Waals surface area contributed by atoms with Crippen molar-refractivity contribution in [1.29, 1.82) is 0 Å². The van der Waals surface area contributed by atoms with Gasteiger partial charge >= 0.3 is 0 Å². The summed E-state index contributed by atoms with van der Waals surface area (Å²) in [7, 11) is 0. The third-order valence-electron chi connectivity index (χ3n) is 4.67. The van der Waals surface area contributed by atoms with E-state index in [0.717, 1.165) is 6.42 Å². The second-order valence-corrected chi connectivity index (χ2v) is 7.95. The number of aryl methyl sites for hydroxylation is 1. The molecule has 32 heavy (non-hydrogen) atoms. The number of carbonyl (C=O) groups excluding carboxylic acids is 2. The number of hydrogen-bond acceptors (Lipinski definition) is 7. The number of aromatic nitrogens is 3. The minimum absolute atomic E-state index is 0.145. The third-order valence-corrected chi connectivity index (χ3v) is 5.43. The quantitative estimate of drug-likeness (QED) is 0.444. The molecule has 0 saturated carbocycles. The largest absolute Gasteiger partial charge is 0.458 e. The zero-order chi connectivity index (χ0) is 22.7. The topological polar surface area (TPSA) is 119 Å². The lowest BCUT2D eigenvalue weighted by molar-refractivity contribution is -0.119. The van der Waals surface area contributed by atoms with E-state index in [1.165, 1.54) is 22.9 Å². The van der Waals surface area contributed by atoms with Gasteiger partial charge < -0.3 is 9.73 Å². The summed E-state index contributed by atoms with van der Waals surface area (Å²) >= 11 is 1.25. The van der Waals surface area contributed by atoms with Gasteiger partial charge in [0.05, 0.1) is 11.9 Å². The SMILES string of the molecule is CCCn1nc(C(=O)Nc2nc(-c3ccc(CNC(C)=O)o3)cs2)c2ccccc2c1=O. The fourth-order valence-electron chi connectivity index (χ4n) is 3.19. The van der Waals surface area contributed by atoms with Crippen LogP contribution in [0.4, 0.5) is 5.13 Å². The molecule has 0 spiro atoms. The van der Waals surface area contributed by atoms with Crippen molar-refractivity contribution in [3.63, 3.8) is 0 Å². The van der Waals surface area contributed by atoms with Gasteiger partial charge in [-0.2, -0.15) is 5.10 Å². The summed E-state index contributed by atoms with van der Waals surface area (Å²) in [6, 6.07) is 10.4. The normalized spacial score (nSPS) is 10.9. The molecule has 4 rings (SSSR count). The van der Waals surface area contributed by atoms with Crippen LogP contribution in [0.5, 0.6) is 0 Å². The molecule has 0 aliphatic carbocycles. The number of nitrogens with zero attached hydrogens (tertiary/aromatic N) is 3. The first-order chi connectivity index (χ1) is 15.5. The van der Waals surface area contributed by atoms with Gasteiger partial charge in [0.1, 0.15) is 11.5 Å². The van der Waals surface area contributed by atoms with Crippen LogP contribution in [-0.2, 0) is 17.9 Å². The molecule has 3 aromatic heterocycles. The molecule has 0 atom stereocenters. The number of thiazole rings is 1. The molecule has 9 nitrogen and oxygen atoms in total. The Morgan fingerprint density at radius 2 is 1.94 bits per heavy atom. The molecular weight excluding hydrogens is 430 g/mol. The van der Waals surface area contributed by atoms with Gasteiger partial charge in [-0.1, -0.05) is 25.1 Å². The van der Waals surface area contributed by atoms with Crippen molar-refractivity contribution < 1.29 is 14.0 Å². The van der Waals surface area contributed by atoms with Crippen LogP contribution in [0.2, 0.25) is 0 Å². The van der Waals surface area contributed by atoms with E-state index in [1.807, 2.05) is 6.92 Å². The molecule has 2 N–H and O–H groups in total. The number of fused-ring (bicyclic) bond motifs is 1. The van der Waals surface area contributed by atoms with Crippen molar-refractivity contribution in [2.45, 2.75) is 33.4 Å². The van der Waals surface area contributed by atoms with Gasteiger partial charge in [0.2, 0.25) is 5.91 Å². The molecule has 0 unspecified atom stereocenters. The average Bonchev–Trinajstić information content (AvgIpc) is 3.44. The average molecular weight is 452 g/mol. The fraction of sp³-hybridized carbons (Fsp3) is 0.227. The molecule has 0 fully saturated rings. The molecule has 0 aliphatic rings. The summed E-state index contributed by atoms with van der Waals surface area (Å²) < 4.78 is 7.03. The number of benzene rings is 1. The van der Waals surface area contributed by atoms with Gasteiger partial charge in [-0.05, 0) is 24.6 Å². The van der Waals surface area contributed by atoms with E-state index in [-0.39, 0.29) is 23.7 Å². The van der Waals surface area contributed by atoms with E-state index in [9.17, 15) is 14.4 Å². The first-order valence-corrected chi connectivity index (χ1v) is 10.9. The van der Waals surface area contributed by atoms with E-state index in [1.54, 1.807) is 41.8 Å². The summed E-state index contributed by atoms with van der Waals surface area (Å²) in [6.07, 6.45) is 0.717. The Labute approximate surface area is 187 Å². The van der Waals surface area contributed by atoms with Crippen LogP contribution in [0.15, 0.2) is 51.0 Å². The maximum absolute atomic E-state index is 13.0. The molecule has 4 aromatic rings. The van der Waals surface area contributed by atoms with E-state index in [0.29, 0.717) is 39.7 Å². The predicted octanol–water partition coefficient (Wildman–Crippen LogP) is 3.41. The molecular formula is C22H21N5O4S. The van der Waals surface area contributed by atoms with Crippen molar-refractivity contribution in [2.24, 2.45) is 0 Å². The maximum Gasteiger partial charge on any atom is 0.278 e. The first-order valence-electron chi connectivity index (χ1n) is 10.1. The van der Waals surface area contributed by atoms with Gasteiger partial charge in [-0.25, -0.2) is 9.67 Å². The molecule has 0 radical (unpaired) electrons. The Kier molecular flexibility index (Phi) is 6.13. The Hall–Kier alpha value is -3.79. The van der Waals surface area contributed by atoms with Gasteiger partial charge in [0.15, 0.2) is 16.6 Å². The van der Waals surface area contributed by atoms with Crippen LogP contribution in [-0.4, -0.2) is 26.6 Å². The van der Waals surface area contributed by atoms with Crippen LogP contribution < -0.4 is 16.2 Å². The number of hydrogen-bond donors (Lipinski definition) is 2. The molecule has 3 heterocycles. The van der Waals surface area contributed by atoms with Gasteiger partial charge in [-0.3, -0.25) is 19.7 Å². The highest BCUT2D eigenvalue weighted by Crippen LogP contribution is 2.27. The molecule has 2 amide bonds. The standard InChI is InChI=1S/C22H21N5O4S/c1-3-10-27-21(30)16-7-5-4-6-15(16)19(26-27)20(29)25-22-24-17(12-32-22)18-9-8-14(31-18)11-23-13(2)28/h4-9,12H,3,10-11H2,1-2H3,(H,23,28)(H,24,25,29). The number of rotatable bonds is 7. The smallest absolute Gasteiger partial charge is 0.278 e. The number of carbonyl (C=O) groups is 2. The lowest BCUT2D eigenvalue weighted by Crippen LogP contribution is -2.27. The summed E-state index contributed by atoms with van der Waals surface area (Å²) in [5.74, 6) is 0.538. The van der Waals surface area contributed by atoms with E-state index < -0.39 is 5.91 Å². The molecule has 0 saturated heterocycles. The van der Waals surface area contributed by atoms with Crippen LogP contribution in [0.25, 0.3) is 22.2 Å². The zero-order valence-corrected chi connectivity index (χ0v) is 18.4. The molecule has 1 aromatic carbocycles. The molecule has 164 valence electrons. The Balaban J connectivity index is 1.57. The van der Waals surface area contributed by atoms with E-state index >= 15 is 0 Å². The molecule has 10 heteroatoms. The second-order valence-electron chi connectivity index (χ2n) is 7.09. The summed E-state index contributed by atoms with van der Waals surface area (Å²) in [6.45, 7) is 4.09. The fourth-order valence-corrected chi connectivity index (χ4v) is 3.88. The lowest BCUT2D eigenvalue weighted by Gasteiger charge is -2.09. The van der Waals surface area contributed by atoms with Crippen LogP contribution in [0.3, 0.4) is 0 Å². The number of nitrogens with one attached hydrogen (secondary N) is 2. The highest BCUT2D eigenvalue weighted by atomic mass is 32.1. The van der Waals surface area contributed by atoms with Gasteiger partial charge in [0.25, 0.3) is 11.5 Å². The van der Waals surface area contributed by atoms with Crippen molar-refractivity contribution in [2.75, 3.05) is 5.32 Å². The van der Waals surface area contributed by atoms with Crippen molar-refractivity contribution >= 4 is 39.1 Å². The lowest BCUT2D eigenvalue weighted by atomic mass is 10.1. The Morgan fingerprint density at radius 1 is 1.16 bits per heavy atom.